The van der Waals surface area contributed by atoms with Crippen LogP contribution >= 0.6 is 11.6 Å². The van der Waals surface area contributed by atoms with Gasteiger partial charge < -0.3 is 15.5 Å². The Hall–Kier alpha value is -3.66. The van der Waals surface area contributed by atoms with E-state index in [0.717, 1.165) is 17.7 Å². The Labute approximate surface area is 199 Å². The molecule has 7 nitrogen and oxygen atoms in total. The first-order valence-corrected chi connectivity index (χ1v) is 10.5. The average Bonchev–Trinajstić information content (AvgIpc) is 2.77. The summed E-state index contributed by atoms with van der Waals surface area (Å²) in [5.74, 6) is -0.213. The summed E-state index contributed by atoms with van der Waals surface area (Å²) in [6.45, 7) is 1.88. The summed E-state index contributed by atoms with van der Waals surface area (Å²) in [7, 11) is 3.37. The Kier molecular flexibility index (Phi) is 7.72. The van der Waals surface area contributed by atoms with Crippen molar-refractivity contribution in [2.75, 3.05) is 24.7 Å². The summed E-state index contributed by atoms with van der Waals surface area (Å²) in [6.07, 6.45) is -0.321. The summed E-state index contributed by atoms with van der Waals surface area (Å²) in [6, 6.07) is 9.70. The van der Waals surface area contributed by atoms with Crippen molar-refractivity contribution in [3.8, 4) is 0 Å². The van der Waals surface area contributed by atoms with Gasteiger partial charge in [-0.3, -0.25) is 9.78 Å². The van der Waals surface area contributed by atoms with Gasteiger partial charge in [0.2, 0.25) is 0 Å². The number of carbonyl (C=O) groups excluding carboxylic acids is 1. The standard InChI is InChI=1S/C23H22ClF3N6O/c1-14(30-21-12-28-11-20(24)32-21)15-5-4-6-18(8-15)31-22(34)16-7-17(23(25,26)27)10-19(9-16)29-13-33(2)3/h4-14H,1-3H3,(H,30,32)(H,31,34)/b29-13-. The van der Waals surface area contributed by atoms with E-state index in [1.165, 1.54) is 24.8 Å². The van der Waals surface area contributed by atoms with Gasteiger partial charge in [-0.1, -0.05) is 23.7 Å². The van der Waals surface area contributed by atoms with Crippen molar-refractivity contribution >= 4 is 41.0 Å². The minimum Gasteiger partial charge on any atom is -0.369 e. The third kappa shape index (κ3) is 6.92. The molecule has 178 valence electrons. The first kappa shape index (κ1) is 25.0. The number of aromatic nitrogens is 2. The number of carbonyl (C=O) groups is 1. The fraction of sp³-hybridized carbons (Fsp3) is 0.217. The molecule has 34 heavy (non-hydrogen) atoms. The quantitative estimate of drug-likeness (QED) is 0.323. The molecule has 1 heterocycles. The van der Waals surface area contributed by atoms with Gasteiger partial charge in [0.25, 0.3) is 5.91 Å². The number of hydrogen-bond donors (Lipinski definition) is 2. The van der Waals surface area contributed by atoms with E-state index in [-0.39, 0.29) is 22.4 Å². The fourth-order valence-corrected chi connectivity index (χ4v) is 3.12. The molecule has 0 bridgehead atoms. The first-order valence-electron chi connectivity index (χ1n) is 10.1. The molecule has 2 N–H and O–H groups in total. The molecule has 3 rings (SSSR count). The third-order valence-electron chi connectivity index (χ3n) is 4.56. The minimum atomic E-state index is -4.62. The Morgan fingerprint density at radius 3 is 2.62 bits per heavy atom. The number of benzene rings is 2. The van der Waals surface area contributed by atoms with Crippen LogP contribution in [0.5, 0.6) is 0 Å². The highest BCUT2D eigenvalue weighted by atomic mass is 35.5. The van der Waals surface area contributed by atoms with Gasteiger partial charge in [0.15, 0.2) is 0 Å². The molecule has 2 aromatic carbocycles. The van der Waals surface area contributed by atoms with E-state index < -0.39 is 17.6 Å². The number of aliphatic imine (C=N–C) groups is 1. The summed E-state index contributed by atoms with van der Waals surface area (Å²) >= 11 is 5.86. The molecular weight excluding hydrogens is 469 g/mol. The maximum Gasteiger partial charge on any atom is 0.416 e. The SMILES string of the molecule is CC(Nc1cncc(Cl)n1)c1cccc(NC(=O)c2cc(/N=C\N(C)C)cc(C(F)(F)F)c2)c1. The number of hydrogen-bond acceptors (Lipinski definition) is 5. The number of rotatable bonds is 7. The van der Waals surface area contributed by atoms with Crippen molar-refractivity contribution < 1.29 is 18.0 Å². The van der Waals surface area contributed by atoms with Gasteiger partial charge in [-0.25, -0.2) is 9.98 Å². The molecule has 0 spiro atoms. The van der Waals surface area contributed by atoms with Crippen LogP contribution in [0.2, 0.25) is 5.15 Å². The summed E-state index contributed by atoms with van der Waals surface area (Å²) < 4.78 is 40.1. The van der Waals surface area contributed by atoms with Gasteiger partial charge in [0.05, 0.1) is 36.0 Å². The molecule has 0 radical (unpaired) electrons. The highest BCUT2D eigenvalue weighted by Gasteiger charge is 2.32. The minimum absolute atomic E-state index is 0.0166. The van der Waals surface area contributed by atoms with E-state index in [0.29, 0.717) is 11.5 Å². The zero-order chi connectivity index (χ0) is 24.9. The molecular formula is C23H22ClF3N6O. The van der Waals surface area contributed by atoms with E-state index in [1.807, 2.05) is 13.0 Å². The molecule has 1 aromatic heterocycles. The van der Waals surface area contributed by atoms with Crippen LogP contribution in [-0.2, 0) is 6.18 Å². The van der Waals surface area contributed by atoms with E-state index in [1.54, 1.807) is 37.2 Å². The molecule has 0 fully saturated rings. The van der Waals surface area contributed by atoms with Crippen molar-refractivity contribution in [1.82, 2.24) is 14.9 Å². The average molecular weight is 491 g/mol. The molecule has 1 atom stereocenters. The van der Waals surface area contributed by atoms with Crippen LogP contribution in [0.4, 0.5) is 30.4 Å². The van der Waals surface area contributed by atoms with Crippen LogP contribution in [0.15, 0.2) is 59.9 Å². The Morgan fingerprint density at radius 2 is 1.94 bits per heavy atom. The number of halogens is 4. The number of amides is 1. The van der Waals surface area contributed by atoms with Gasteiger partial charge in [-0.05, 0) is 42.8 Å². The van der Waals surface area contributed by atoms with Gasteiger partial charge in [0.1, 0.15) is 11.0 Å². The lowest BCUT2D eigenvalue weighted by atomic mass is 10.1. The topological polar surface area (TPSA) is 82.5 Å². The lowest BCUT2D eigenvalue weighted by Crippen LogP contribution is -2.15. The van der Waals surface area contributed by atoms with Crippen LogP contribution in [0, 0.1) is 0 Å². The summed E-state index contributed by atoms with van der Waals surface area (Å²) in [4.78, 5) is 26.5. The van der Waals surface area contributed by atoms with E-state index in [9.17, 15) is 18.0 Å². The first-order chi connectivity index (χ1) is 16.0. The Balaban J connectivity index is 1.82. The van der Waals surface area contributed by atoms with Crippen LogP contribution in [0.3, 0.4) is 0 Å². The van der Waals surface area contributed by atoms with Crippen LogP contribution in [0.1, 0.15) is 34.5 Å². The van der Waals surface area contributed by atoms with Crippen molar-refractivity contribution in [1.29, 1.82) is 0 Å². The highest BCUT2D eigenvalue weighted by molar-refractivity contribution is 6.29. The molecule has 0 aliphatic carbocycles. The summed E-state index contributed by atoms with van der Waals surface area (Å²) in [5, 5.41) is 6.05. The number of alkyl halides is 3. The Morgan fingerprint density at radius 1 is 1.18 bits per heavy atom. The monoisotopic (exact) mass is 490 g/mol. The molecule has 0 saturated heterocycles. The van der Waals surface area contributed by atoms with Crippen LogP contribution in [-0.4, -0.2) is 41.2 Å². The van der Waals surface area contributed by atoms with Crippen molar-refractivity contribution in [2.45, 2.75) is 19.1 Å². The fourth-order valence-electron chi connectivity index (χ4n) is 2.97. The lowest BCUT2D eigenvalue weighted by Gasteiger charge is -2.16. The van der Waals surface area contributed by atoms with Crippen molar-refractivity contribution in [3.63, 3.8) is 0 Å². The molecule has 0 aliphatic heterocycles. The van der Waals surface area contributed by atoms with E-state index in [4.69, 9.17) is 11.6 Å². The Bertz CT molecular complexity index is 1200. The van der Waals surface area contributed by atoms with E-state index >= 15 is 0 Å². The second-order valence-electron chi connectivity index (χ2n) is 7.65. The maximum atomic E-state index is 13.4. The lowest BCUT2D eigenvalue weighted by molar-refractivity contribution is -0.137. The number of nitrogens with one attached hydrogen (secondary N) is 2. The zero-order valence-corrected chi connectivity index (χ0v) is 19.3. The van der Waals surface area contributed by atoms with Gasteiger partial charge in [-0.2, -0.15) is 13.2 Å². The largest absolute Gasteiger partial charge is 0.416 e. The van der Waals surface area contributed by atoms with Crippen molar-refractivity contribution in [3.05, 3.63) is 76.7 Å². The second kappa shape index (κ2) is 10.5. The molecule has 3 aromatic rings. The molecule has 1 amide bonds. The molecule has 0 saturated carbocycles. The highest BCUT2D eigenvalue weighted by Crippen LogP contribution is 2.33. The van der Waals surface area contributed by atoms with Crippen LogP contribution in [0.25, 0.3) is 0 Å². The molecule has 11 heteroatoms. The third-order valence-corrected chi connectivity index (χ3v) is 4.74. The van der Waals surface area contributed by atoms with Crippen molar-refractivity contribution in [2.24, 2.45) is 4.99 Å². The van der Waals surface area contributed by atoms with E-state index in [2.05, 4.69) is 25.6 Å². The van der Waals surface area contributed by atoms with Gasteiger partial charge >= 0.3 is 6.18 Å². The summed E-state index contributed by atoms with van der Waals surface area (Å²) in [5.41, 5.74) is 0.124. The molecule has 0 aliphatic rings. The number of nitrogens with zero attached hydrogens (tertiary/aromatic N) is 4. The maximum absolute atomic E-state index is 13.4. The predicted octanol–water partition coefficient (Wildman–Crippen LogP) is 5.80. The molecule has 1 unspecified atom stereocenters. The second-order valence-corrected chi connectivity index (χ2v) is 8.03. The van der Waals surface area contributed by atoms with Gasteiger partial charge in [0, 0.05) is 25.3 Å². The number of anilines is 2. The van der Waals surface area contributed by atoms with Gasteiger partial charge in [-0.15, -0.1) is 0 Å². The van der Waals surface area contributed by atoms with Crippen LogP contribution < -0.4 is 10.6 Å². The normalized spacial score (nSPS) is 12.4. The zero-order valence-electron chi connectivity index (χ0n) is 18.6. The smallest absolute Gasteiger partial charge is 0.369 e. The predicted molar refractivity (Wildman–Crippen MR) is 127 cm³/mol.